The van der Waals surface area contributed by atoms with Gasteiger partial charge in [-0.3, -0.25) is 0 Å². The second-order valence-electron chi connectivity index (χ2n) is 32.7. The second-order valence-corrected chi connectivity index (χ2v) is 32.7. The van der Waals surface area contributed by atoms with Crippen LogP contribution < -0.4 is 46.1 Å². The minimum absolute atomic E-state index is 0.0219. The molecule has 0 radical (unpaired) electrons. The topological polar surface area (TPSA) is 169 Å². The van der Waals surface area contributed by atoms with Crippen molar-refractivity contribution >= 4 is 34.1 Å². The van der Waals surface area contributed by atoms with Gasteiger partial charge in [0, 0.05) is 87.1 Å². The largest absolute Gasteiger partial charge is 0.494 e. The summed E-state index contributed by atoms with van der Waals surface area (Å²) in [6.07, 6.45) is 2.44. The number of nitrogens with zero attached hydrogens (tertiary/aromatic N) is 9. The number of methoxy groups -OCH3 is 1. The quantitative estimate of drug-likeness (QED) is 0.0583. The third kappa shape index (κ3) is 13.4. The number of benzene rings is 9. The van der Waals surface area contributed by atoms with Crippen LogP contribution in [-0.4, -0.2) is 49.7 Å². The highest BCUT2D eigenvalue weighted by Gasteiger charge is 2.37. The summed E-state index contributed by atoms with van der Waals surface area (Å²) in [5.41, 5.74) is 53.7. The van der Waals surface area contributed by atoms with Gasteiger partial charge in [-0.1, -0.05) is 152 Å². The zero-order valence-corrected chi connectivity index (χ0v) is 65.9. The van der Waals surface area contributed by atoms with Gasteiger partial charge in [-0.2, -0.15) is 15.3 Å². The Morgan fingerprint density at radius 3 is 1.26 bits per heavy atom. The van der Waals surface area contributed by atoms with E-state index in [2.05, 4.69) is 254 Å². The fourth-order valence-electron chi connectivity index (χ4n) is 16.8. The molecule has 0 saturated heterocycles. The van der Waals surface area contributed by atoms with Gasteiger partial charge in [0.1, 0.15) is 34.3 Å². The number of fused-ring (bicyclic) bond motifs is 3. The summed E-state index contributed by atoms with van der Waals surface area (Å²) < 4.78 is 25.9. The number of aryl methyl sites for hydroxylation is 5. The van der Waals surface area contributed by atoms with Crippen LogP contribution in [0.3, 0.4) is 0 Å². The predicted octanol–water partition coefficient (Wildman–Crippen LogP) is 19.9. The number of aromatic nitrogens is 6. The molecular formula is C93H104N12O3. The van der Waals surface area contributed by atoms with Crippen molar-refractivity contribution in [3.8, 4) is 68.1 Å². The van der Waals surface area contributed by atoms with Crippen molar-refractivity contribution in [2.24, 2.45) is 0 Å². The minimum atomic E-state index is -0.286. The number of ether oxygens (including phenoxy) is 3. The van der Waals surface area contributed by atoms with Crippen LogP contribution in [0.5, 0.6) is 17.2 Å². The van der Waals surface area contributed by atoms with Gasteiger partial charge in [-0.15, -0.1) is 0 Å². The van der Waals surface area contributed by atoms with E-state index in [4.69, 9.17) is 46.7 Å². The molecule has 15 rings (SSSR count). The van der Waals surface area contributed by atoms with Gasteiger partial charge in [0.25, 0.3) is 0 Å². The minimum Gasteiger partial charge on any atom is -0.494 e. The number of para-hydroxylation sites is 1. The first-order chi connectivity index (χ1) is 51.7. The Morgan fingerprint density at radius 1 is 0.398 bits per heavy atom. The third-order valence-corrected chi connectivity index (χ3v) is 22.8. The van der Waals surface area contributed by atoms with Gasteiger partial charge in [-0.25, -0.2) is 14.0 Å². The van der Waals surface area contributed by atoms with Crippen LogP contribution in [0.4, 0.5) is 34.1 Å². The number of hydrogen-bond donors (Lipinski definition) is 3. The van der Waals surface area contributed by atoms with Crippen LogP contribution in [0.25, 0.3) is 50.8 Å². The molecule has 3 aromatic heterocycles. The highest BCUT2D eigenvalue weighted by Crippen LogP contribution is 2.48. The standard InChI is InChI=1S/C93H104N12O3/c1-17-42-108-83-41-31-66(61(8)87(83)105-90(65-29-39-72(96)40-30-65)75-52-100(55-78(75)99-105)79-45-67(91(9,10)11)32-22-56(79)3)49-93(14,15)69-34-24-58(5)81(47-69)102-51-74-77(54-102)98-104(89(74)64-27-37-71(95)38-28-64)86-60(7)43-62(44-84(86)107-18-2)48-92(12,13)68-33-23-57(4)80(46-68)101-50-73-76(53-101)97-103(85-59(6)20-19-21-82(85)106-16)88(73)63-25-35-70(94)36-26-63/h19-41,43-47H,17-18,42,48-55,94-96H2,1-16H3. The summed E-state index contributed by atoms with van der Waals surface area (Å²) in [5.74, 6) is 2.42. The van der Waals surface area contributed by atoms with Crippen molar-refractivity contribution in [3.63, 3.8) is 0 Å². The van der Waals surface area contributed by atoms with E-state index in [1.807, 2.05) is 48.5 Å². The SMILES string of the molecule is CCCOc1ccc(CC(C)(C)c2ccc(C)c(N3Cc4nn(-c5c(C)cc(CC(C)(C)c6ccc(C)c(N7Cc8nn(-c9c(C)cccc9OC)c(-c9ccc(N)cc9)c8C7)c6)cc5OCC)c(-c5ccc(N)cc5)c4C3)c2)c(C)c1-n1nc2c(c1-c1ccc(N)cc1)CN(c1cc(C(C)(C)C)ccc1C)C2. The number of nitrogens with two attached hydrogens (primary N) is 3. The Labute approximate surface area is 637 Å². The van der Waals surface area contributed by atoms with Crippen LogP contribution in [-0.2, 0) is 68.4 Å². The molecule has 0 atom stereocenters. The molecule has 108 heavy (non-hydrogen) atoms. The summed E-state index contributed by atoms with van der Waals surface area (Å²) in [5, 5.41) is 16.6. The molecule has 0 unspecified atom stereocenters. The maximum atomic E-state index is 6.76. The molecule has 6 heterocycles. The number of hydrogen-bond acceptors (Lipinski definition) is 12. The van der Waals surface area contributed by atoms with Crippen molar-refractivity contribution in [2.75, 3.05) is 52.2 Å². The Bertz CT molecular complexity index is 5430. The maximum absolute atomic E-state index is 6.76. The Kier molecular flexibility index (Phi) is 18.9. The molecule has 15 nitrogen and oxygen atoms in total. The van der Waals surface area contributed by atoms with Crippen LogP contribution in [0.2, 0.25) is 0 Å². The molecule has 0 saturated carbocycles. The first-order valence-electron chi connectivity index (χ1n) is 38.3. The molecule has 9 aromatic carbocycles. The fourth-order valence-corrected chi connectivity index (χ4v) is 16.8. The fraction of sp³-hybridized carbons (Fsp3) is 0.323. The van der Waals surface area contributed by atoms with E-state index in [0.717, 1.165) is 139 Å². The maximum Gasteiger partial charge on any atom is 0.145 e. The molecule has 3 aliphatic rings. The average Bonchev–Trinajstić information content (AvgIpc) is 1.59. The molecule has 0 aliphatic carbocycles. The van der Waals surface area contributed by atoms with Crippen LogP contribution in [0.1, 0.15) is 164 Å². The molecule has 12 aromatic rings. The molecule has 0 spiro atoms. The Balaban J connectivity index is 0.711. The van der Waals surface area contributed by atoms with Gasteiger partial charge < -0.3 is 46.1 Å². The smallest absolute Gasteiger partial charge is 0.145 e. The van der Waals surface area contributed by atoms with Gasteiger partial charge in [0.2, 0.25) is 0 Å². The summed E-state index contributed by atoms with van der Waals surface area (Å²) in [6, 6.07) is 60.9. The van der Waals surface area contributed by atoms with E-state index < -0.39 is 0 Å². The van der Waals surface area contributed by atoms with Crippen molar-refractivity contribution in [3.05, 3.63) is 265 Å². The van der Waals surface area contributed by atoms with Gasteiger partial charge in [-0.05, 0) is 218 Å². The van der Waals surface area contributed by atoms with Gasteiger partial charge in [0.05, 0.1) is 74.1 Å². The molecule has 3 aliphatic heterocycles. The summed E-state index contributed by atoms with van der Waals surface area (Å²) in [7, 11) is 1.72. The Hall–Kier alpha value is -11.2. The van der Waals surface area contributed by atoms with Gasteiger partial charge >= 0.3 is 0 Å². The zero-order valence-electron chi connectivity index (χ0n) is 65.9. The summed E-state index contributed by atoms with van der Waals surface area (Å²) in [4.78, 5) is 7.48. The van der Waals surface area contributed by atoms with Crippen LogP contribution in [0.15, 0.2) is 170 Å². The van der Waals surface area contributed by atoms with E-state index in [9.17, 15) is 0 Å². The molecule has 0 amide bonds. The van der Waals surface area contributed by atoms with Crippen molar-refractivity contribution < 1.29 is 14.2 Å². The normalized spacial score (nSPS) is 13.6. The predicted molar refractivity (Wildman–Crippen MR) is 443 cm³/mol. The summed E-state index contributed by atoms with van der Waals surface area (Å²) in [6.45, 7) is 39.0. The lowest BCUT2D eigenvalue weighted by atomic mass is 9.77. The molecule has 554 valence electrons. The van der Waals surface area contributed by atoms with Crippen LogP contribution in [0, 0.1) is 41.5 Å². The molecule has 15 heteroatoms. The number of rotatable bonds is 21. The highest BCUT2D eigenvalue weighted by molar-refractivity contribution is 5.78. The lowest BCUT2D eigenvalue weighted by Crippen LogP contribution is -2.24. The van der Waals surface area contributed by atoms with E-state index in [-0.39, 0.29) is 16.2 Å². The zero-order chi connectivity index (χ0) is 76.0. The molecular weight excluding hydrogens is 1330 g/mol. The summed E-state index contributed by atoms with van der Waals surface area (Å²) >= 11 is 0. The van der Waals surface area contributed by atoms with Crippen molar-refractivity contribution in [2.45, 2.75) is 179 Å². The van der Waals surface area contributed by atoms with Crippen molar-refractivity contribution in [1.29, 1.82) is 0 Å². The van der Waals surface area contributed by atoms with Crippen molar-refractivity contribution in [1.82, 2.24) is 29.3 Å². The number of anilines is 6. The highest BCUT2D eigenvalue weighted by atomic mass is 16.5. The lowest BCUT2D eigenvalue weighted by molar-refractivity contribution is 0.315. The first-order valence-corrected chi connectivity index (χ1v) is 38.3. The van der Waals surface area contributed by atoms with E-state index in [1.54, 1.807) is 7.11 Å². The molecule has 0 bridgehead atoms. The Morgan fingerprint density at radius 2 is 0.824 bits per heavy atom. The lowest BCUT2D eigenvalue weighted by Gasteiger charge is -2.30. The van der Waals surface area contributed by atoms with E-state index in [0.29, 0.717) is 51.6 Å². The molecule has 0 fully saturated rings. The monoisotopic (exact) mass is 1440 g/mol. The number of nitrogen functional groups attached to an aromatic ring is 3. The van der Waals surface area contributed by atoms with Gasteiger partial charge in [0.15, 0.2) is 0 Å². The third-order valence-electron chi connectivity index (χ3n) is 22.8. The first kappa shape index (κ1) is 72.4. The van der Waals surface area contributed by atoms with E-state index in [1.165, 1.54) is 78.3 Å². The van der Waals surface area contributed by atoms with Crippen LogP contribution >= 0.6 is 0 Å². The average molecular weight is 1440 g/mol. The molecule has 6 N–H and O–H groups in total. The van der Waals surface area contributed by atoms with E-state index >= 15 is 0 Å². The second kappa shape index (κ2) is 28.2.